The predicted molar refractivity (Wildman–Crippen MR) is 192 cm³/mol. The van der Waals surface area contributed by atoms with Gasteiger partial charge in [-0.3, -0.25) is 0 Å². The van der Waals surface area contributed by atoms with Gasteiger partial charge in [-0.15, -0.1) is 0 Å². The van der Waals surface area contributed by atoms with Crippen molar-refractivity contribution in [1.82, 2.24) is 4.57 Å². The molecule has 0 fully saturated rings. The number of benzene rings is 7. The number of fused-ring (bicyclic) bond motifs is 4. The molecular formula is C41H30N2O3S. The summed E-state index contributed by atoms with van der Waals surface area (Å²) in [6.07, 6.45) is 0. The van der Waals surface area contributed by atoms with Gasteiger partial charge >= 0.3 is 10.1 Å². The van der Waals surface area contributed by atoms with E-state index in [1.165, 1.54) is 0 Å². The lowest BCUT2D eigenvalue weighted by Gasteiger charge is -2.28. The third-order valence-corrected chi connectivity index (χ3v) is 9.77. The van der Waals surface area contributed by atoms with Crippen molar-refractivity contribution < 1.29 is 12.6 Å². The van der Waals surface area contributed by atoms with Crippen molar-refractivity contribution in [1.29, 1.82) is 0 Å². The van der Waals surface area contributed by atoms with E-state index >= 15 is 0 Å². The number of anilines is 3. The number of aromatic nitrogens is 1. The van der Waals surface area contributed by atoms with Gasteiger partial charge in [-0.05, 0) is 78.4 Å². The van der Waals surface area contributed by atoms with Gasteiger partial charge in [0.15, 0.2) is 5.75 Å². The lowest BCUT2D eigenvalue weighted by Crippen LogP contribution is -2.15. The summed E-state index contributed by atoms with van der Waals surface area (Å²) >= 11 is 0. The van der Waals surface area contributed by atoms with Crippen LogP contribution in [-0.2, 0) is 10.1 Å². The van der Waals surface area contributed by atoms with Crippen molar-refractivity contribution in [3.63, 3.8) is 0 Å². The number of rotatable bonds is 7. The third kappa shape index (κ3) is 5.19. The average molecular weight is 631 g/mol. The largest absolute Gasteiger partial charge is 0.377 e. The van der Waals surface area contributed by atoms with Crippen LogP contribution in [-0.4, -0.2) is 13.0 Å². The van der Waals surface area contributed by atoms with Gasteiger partial charge in [0.25, 0.3) is 0 Å². The van der Waals surface area contributed by atoms with E-state index in [1.54, 1.807) is 24.3 Å². The van der Waals surface area contributed by atoms with Crippen molar-refractivity contribution in [3.8, 4) is 11.4 Å². The van der Waals surface area contributed by atoms with E-state index < -0.39 is 10.1 Å². The minimum Gasteiger partial charge on any atom is -0.377 e. The third-order valence-electron chi connectivity index (χ3n) is 8.52. The first kappa shape index (κ1) is 28.6. The molecule has 0 saturated carbocycles. The quantitative estimate of drug-likeness (QED) is 0.164. The van der Waals surface area contributed by atoms with Crippen LogP contribution in [0.2, 0.25) is 0 Å². The molecule has 8 aromatic rings. The summed E-state index contributed by atoms with van der Waals surface area (Å²) in [5.74, 6) is 0.218. The first-order valence-corrected chi connectivity index (χ1v) is 16.8. The minimum absolute atomic E-state index is 0.0923. The van der Waals surface area contributed by atoms with Gasteiger partial charge in [0, 0.05) is 33.9 Å². The molecule has 7 aromatic carbocycles. The Balaban J connectivity index is 1.45. The number of nitrogens with zero attached hydrogens (tertiary/aromatic N) is 2. The molecule has 5 nitrogen and oxygen atoms in total. The second-order valence-electron chi connectivity index (χ2n) is 11.6. The van der Waals surface area contributed by atoms with E-state index in [2.05, 4.69) is 70.1 Å². The van der Waals surface area contributed by atoms with Crippen molar-refractivity contribution in [2.45, 2.75) is 11.8 Å². The molecule has 0 atom stereocenters. The second kappa shape index (κ2) is 11.5. The fraction of sp³-hybridized carbons (Fsp3) is 0.0244. The van der Waals surface area contributed by atoms with E-state index in [1.807, 2.05) is 85.8 Å². The summed E-state index contributed by atoms with van der Waals surface area (Å²) in [4.78, 5) is 2.16. The van der Waals surface area contributed by atoms with Gasteiger partial charge in [-0.2, -0.15) is 8.42 Å². The van der Waals surface area contributed by atoms with Crippen LogP contribution in [0.25, 0.3) is 38.3 Å². The molecule has 0 radical (unpaired) electrons. The molecule has 0 unspecified atom stereocenters. The minimum atomic E-state index is -4.20. The van der Waals surface area contributed by atoms with Gasteiger partial charge in [-0.25, -0.2) is 0 Å². The van der Waals surface area contributed by atoms with Crippen molar-refractivity contribution in [2.24, 2.45) is 0 Å². The maximum Gasteiger partial charge on any atom is 0.339 e. The van der Waals surface area contributed by atoms with Gasteiger partial charge in [0.05, 0.1) is 16.7 Å². The van der Waals surface area contributed by atoms with Crippen LogP contribution in [0, 0.1) is 6.92 Å². The van der Waals surface area contributed by atoms with Gasteiger partial charge in [0.1, 0.15) is 4.90 Å². The standard InChI is InChI=1S/C41H30N2O3S/c1-29-20-24-35(25-21-29)47(44,45)46-41-28-39-37(36-18-10-11-19-38(36)43(39)33-16-6-3-7-17-33)27-40(41)42(32-14-4-2-5-15-32)34-23-22-30-12-8-9-13-31(30)26-34/h2-28H,1H3. The molecule has 228 valence electrons. The Kier molecular flexibility index (Phi) is 7.00. The number of para-hydroxylation sites is 3. The van der Waals surface area contributed by atoms with E-state index in [4.69, 9.17) is 4.18 Å². The lowest BCUT2D eigenvalue weighted by molar-refractivity contribution is 0.487. The summed E-state index contributed by atoms with van der Waals surface area (Å²) in [7, 11) is -4.20. The van der Waals surface area contributed by atoms with Crippen molar-refractivity contribution in [3.05, 3.63) is 169 Å². The number of aryl methyl sites for hydroxylation is 1. The molecule has 0 aliphatic rings. The maximum absolute atomic E-state index is 14.0. The first-order chi connectivity index (χ1) is 23.0. The molecule has 0 amide bonds. The Morgan fingerprint density at radius 2 is 1.21 bits per heavy atom. The zero-order valence-corrected chi connectivity index (χ0v) is 26.4. The van der Waals surface area contributed by atoms with E-state index in [-0.39, 0.29) is 10.6 Å². The van der Waals surface area contributed by atoms with Gasteiger partial charge < -0.3 is 13.7 Å². The molecule has 0 aliphatic heterocycles. The molecule has 6 heteroatoms. The van der Waals surface area contributed by atoms with Crippen LogP contribution in [0.4, 0.5) is 17.1 Å². The normalized spacial score (nSPS) is 11.7. The highest BCUT2D eigenvalue weighted by Crippen LogP contribution is 2.46. The fourth-order valence-corrected chi connectivity index (χ4v) is 7.21. The highest BCUT2D eigenvalue weighted by atomic mass is 32.2. The molecule has 0 spiro atoms. The van der Waals surface area contributed by atoms with Crippen LogP contribution >= 0.6 is 0 Å². The Morgan fingerprint density at radius 1 is 0.553 bits per heavy atom. The molecule has 1 heterocycles. The SMILES string of the molecule is Cc1ccc(S(=O)(=O)Oc2cc3c(cc2N(c2ccccc2)c2ccc4ccccc4c2)c2ccccc2n3-c2ccccc2)cc1. The second-order valence-corrected chi connectivity index (χ2v) is 13.1. The van der Waals surface area contributed by atoms with E-state index in [0.29, 0.717) is 5.69 Å². The topological polar surface area (TPSA) is 51.5 Å². The highest BCUT2D eigenvalue weighted by Gasteiger charge is 2.26. The Hall–Kier alpha value is -5.85. The van der Waals surface area contributed by atoms with Crippen LogP contribution in [0.15, 0.2) is 169 Å². The van der Waals surface area contributed by atoms with Crippen molar-refractivity contribution in [2.75, 3.05) is 4.90 Å². The van der Waals surface area contributed by atoms with E-state index in [0.717, 1.165) is 55.2 Å². The molecule has 8 rings (SSSR count). The van der Waals surface area contributed by atoms with Crippen LogP contribution in [0.5, 0.6) is 5.75 Å². The summed E-state index contributed by atoms with van der Waals surface area (Å²) in [5, 5.41) is 4.21. The monoisotopic (exact) mass is 630 g/mol. The fourth-order valence-electron chi connectivity index (χ4n) is 6.27. The molecule has 0 bridgehead atoms. The zero-order valence-electron chi connectivity index (χ0n) is 25.6. The highest BCUT2D eigenvalue weighted by molar-refractivity contribution is 7.87. The van der Waals surface area contributed by atoms with Crippen LogP contribution < -0.4 is 9.08 Å². The summed E-state index contributed by atoms with van der Waals surface area (Å²) in [6, 6.07) is 53.4. The number of hydrogen-bond acceptors (Lipinski definition) is 4. The Morgan fingerprint density at radius 3 is 1.98 bits per heavy atom. The van der Waals surface area contributed by atoms with Crippen LogP contribution in [0.1, 0.15) is 5.56 Å². The maximum atomic E-state index is 14.0. The molecule has 47 heavy (non-hydrogen) atoms. The van der Waals surface area contributed by atoms with Crippen LogP contribution in [0.3, 0.4) is 0 Å². The smallest absolute Gasteiger partial charge is 0.339 e. The van der Waals surface area contributed by atoms with Gasteiger partial charge in [0.2, 0.25) is 0 Å². The Bertz CT molecular complexity index is 2510. The zero-order chi connectivity index (χ0) is 32.0. The first-order valence-electron chi connectivity index (χ1n) is 15.4. The summed E-state index contributed by atoms with van der Waals surface area (Å²) < 4.78 is 36.2. The van der Waals surface area contributed by atoms with Crippen molar-refractivity contribution >= 4 is 59.8 Å². The molecule has 0 saturated heterocycles. The average Bonchev–Trinajstić information content (AvgIpc) is 3.42. The summed E-state index contributed by atoms with van der Waals surface area (Å²) in [5.41, 5.74) is 6.12. The van der Waals surface area contributed by atoms with Gasteiger partial charge in [-0.1, -0.05) is 103 Å². The van der Waals surface area contributed by atoms with E-state index in [9.17, 15) is 8.42 Å². The predicted octanol–water partition coefficient (Wildman–Crippen LogP) is 10.5. The molecule has 1 aromatic heterocycles. The molecule has 0 aliphatic carbocycles. The lowest BCUT2D eigenvalue weighted by atomic mass is 10.1. The summed E-state index contributed by atoms with van der Waals surface area (Å²) in [6.45, 7) is 1.92. The molecular weight excluding hydrogens is 601 g/mol. The Labute approximate surface area is 273 Å². The molecule has 0 N–H and O–H groups in total. The number of hydrogen-bond donors (Lipinski definition) is 0.